The maximum absolute atomic E-state index is 15.2. The molecule has 4 rings (SSSR count). The number of nitrogens with two attached hydrogens (primary N) is 2. The number of nitrogens with zero attached hydrogens (tertiary/aromatic N) is 4. The molecule has 0 spiro atoms. The van der Waals surface area contributed by atoms with Crippen molar-refractivity contribution >= 4 is 23.1 Å². The monoisotopic (exact) mass is 410 g/mol. The Kier molecular flexibility index (Phi) is 5.57. The van der Waals surface area contributed by atoms with Gasteiger partial charge < -0.3 is 22.1 Å². The number of pyridine rings is 1. The number of aromatic nitrogens is 4. The van der Waals surface area contributed by atoms with E-state index >= 15 is 4.39 Å². The van der Waals surface area contributed by atoms with Crippen LogP contribution in [0.3, 0.4) is 0 Å². The van der Waals surface area contributed by atoms with Gasteiger partial charge in [-0.25, -0.2) is 9.37 Å². The summed E-state index contributed by atoms with van der Waals surface area (Å²) in [5.41, 5.74) is 12.9. The van der Waals surface area contributed by atoms with Crippen LogP contribution in [-0.4, -0.2) is 38.0 Å². The topological polar surface area (TPSA) is 137 Å². The van der Waals surface area contributed by atoms with Crippen LogP contribution in [0.5, 0.6) is 0 Å². The van der Waals surface area contributed by atoms with Crippen LogP contribution in [0, 0.1) is 5.82 Å². The lowest BCUT2D eigenvalue weighted by atomic mass is 9.91. The van der Waals surface area contributed by atoms with Gasteiger partial charge in [0.2, 0.25) is 0 Å². The molecule has 1 aliphatic carbocycles. The molecule has 1 aromatic carbocycles. The molecule has 2 unspecified atom stereocenters. The Morgan fingerprint density at radius 1 is 1.17 bits per heavy atom. The van der Waals surface area contributed by atoms with E-state index in [2.05, 4.69) is 25.8 Å². The van der Waals surface area contributed by atoms with E-state index in [0.29, 0.717) is 11.4 Å². The summed E-state index contributed by atoms with van der Waals surface area (Å²) in [5, 5.41) is 14.4. The second-order valence-corrected chi connectivity index (χ2v) is 7.26. The van der Waals surface area contributed by atoms with Gasteiger partial charge in [-0.1, -0.05) is 12.8 Å². The lowest BCUT2D eigenvalue weighted by Crippen LogP contribution is -2.42. The number of nitrogens with one attached hydrogen (secondary N) is 2. The predicted octanol–water partition coefficient (Wildman–Crippen LogP) is 2.33. The molecule has 9 nitrogen and oxygen atoms in total. The molecule has 156 valence electrons. The predicted molar refractivity (Wildman–Crippen MR) is 111 cm³/mol. The zero-order valence-corrected chi connectivity index (χ0v) is 16.3. The third-order valence-corrected chi connectivity index (χ3v) is 5.20. The minimum atomic E-state index is -0.639. The second kappa shape index (κ2) is 8.46. The largest absolute Gasteiger partial charge is 0.377 e. The van der Waals surface area contributed by atoms with Crippen LogP contribution in [-0.2, 0) is 0 Å². The minimum Gasteiger partial charge on any atom is -0.377 e. The molecule has 2 heterocycles. The Bertz CT molecular complexity index is 1040. The van der Waals surface area contributed by atoms with E-state index < -0.39 is 11.7 Å². The molecule has 2 aromatic heterocycles. The third kappa shape index (κ3) is 4.08. The number of hydrogen-bond acceptors (Lipinski definition) is 7. The number of amides is 1. The van der Waals surface area contributed by atoms with E-state index in [4.69, 9.17) is 11.5 Å². The highest BCUT2D eigenvalue weighted by Crippen LogP contribution is 2.33. The normalized spacial score (nSPS) is 18.7. The van der Waals surface area contributed by atoms with Crippen molar-refractivity contribution < 1.29 is 9.18 Å². The molecule has 0 saturated heterocycles. The van der Waals surface area contributed by atoms with Gasteiger partial charge in [0.1, 0.15) is 5.82 Å². The third-order valence-electron chi connectivity index (χ3n) is 5.20. The summed E-state index contributed by atoms with van der Waals surface area (Å²) < 4.78 is 15.2. The van der Waals surface area contributed by atoms with E-state index in [0.717, 1.165) is 25.7 Å². The van der Waals surface area contributed by atoms with Gasteiger partial charge in [0, 0.05) is 24.3 Å². The van der Waals surface area contributed by atoms with Gasteiger partial charge in [0.25, 0.3) is 5.91 Å². The fourth-order valence-corrected chi connectivity index (χ4v) is 3.66. The highest BCUT2D eigenvalue weighted by molar-refractivity contribution is 5.98. The first-order chi connectivity index (χ1) is 14.5. The van der Waals surface area contributed by atoms with Crippen LogP contribution in [0.15, 0.2) is 42.9 Å². The van der Waals surface area contributed by atoms with E-state index in [9.17, 15) is 4.79 Å². The Labute approximate surface area is 172 Å². The van der Waals surface area contributed by atoms with Crippen LogP contribution in [0.1, 0.15) is 36.0 Å². The van der Waals surface area contributed by atoms with E-state index in [1.165, 1.54) is 29.5 Å². The number of anilines is 3. The molecule has 0 radical (unpaired) electrons. The Balaban J connectivity index is 1.76. The summed E-state index contributed by atoms with van der Waals surface area (Å²) in [6, 6.07) is 6.04. The molecule has 1 aliphatic rings. The van der Waals surface area contributed by atoms with Gasteiger partial charge in [-0.3, -0.25) is 4.79 Å². The minimum absolute atomic E-state index is 0.0678. The molecule has 2 atom stereocenters. The van der Waals surface area contributed by atoms with Gasteiger partial charge in [0.15, 0.2) is 5.82 Å². The van der Waals surface area contributed by atoms with Crippen LogP contribution < -0.4 is 22.1 Å². The zero-order chi connectivity index (χ0) is 21.1. The van der Waals surface area contributed by atoms with Crippen molar-refractivity contribution in [2.45, 2.75) is 37.8 Å². The molecular formula is C20H23FN8O. The molecular weight excluding hydrogens is 387 g/mol. The van der Waals surface area contributed by atoms with E-state index in [-0.39, 0.29) is 29.2 Å². The highest BCUT2D eigenvalue weighted by atomic mass is 19.1. The Morgan fingerprint density at radius 3 is 2.67 bits per heavy atom. The van der Waals surface area contributed by atoms with Crippen molar-refractivity contribution in [1.29, 1.82) is 0 Å². The SMILES string of the molecule is NC(=O)c1cccnc1Nc1cc(-n2nccn2)cc(F)c1NC1CCCCC1N. The van der Waals surface area contributed by atoms with Gasteiger partial charge in [-0.05, 0) is 31.0 Å². The first-order valence-corrected chi connectivity index (χ1v) is 9.77. The number of halogens is 1. The fourth-order valence-electron chi connectivity index (χ4n) is 3.66. The van der Waals surface area contributed by atoms with Crippen molar-refractivity contribution in [3.63, 3.8) is 0 Å². The Hall–Kier alpha value is -3.53. The van der Waals surface area contributed by atoms with Crippen LogP contribution in [0.2, 0.25) is 0 Å². The molecule has 0 aliphatic heterocycles. The number of carbonyl (C=O) groups is 1. The fraction of sp³-hybridized carbons (Fsp3) is 0.300. The lowest BCUT2D eigenvalue weighted by Gasteiger charge is -2.31. The highest BCUT2D eigenvalue weighted by Gasteiger charge is 2.25. The van der Waals surface area contributed by atoms with Gasteiger partial charge in [-0.2, -0.15) is 15.0 Å². The zero-order valence-electron chi connectivity index (χ0n) is 16.3. The molecule has 1 saturated carbocycles. The number of primary amides is 1. The average Bonchev–Trinajstić information content (AvgIpc) is 3.27. The Morgan fingerprint density at radius 2 is 1.93 bits per heavy atom. The summed E-state index contributed by atoms with van der Waals surface area (Å²) >= 11 is 0. The molecule has 6 N–H and O–H groups in total. The number of hydrogen-bond donors (Lipinski definition) is 4. The summed E-state index contributed by atoms with van der Waals surface area (Å²) in [6.07, 6.45) is 8.34. The summed E-state index contributed by atoms with van der Waals surface area (Å²) in [5.74, 6) is -0.910. The van der Waals surface area contributed by atoms with Crippen molar-refractivity contribution in [1.82, 2.24) is 20.0 Å². The van der Waals surface area contributed by atoms with Crippen molar-refractivity contribution in [2.24, 2.45) is 11.5 Å². The summed E-state index contributed by atoms with van der Waals surface area (Å²) in [7, 11) is 0. The summed E-state index contributed by atoms with van der Waals surface area (Å²) in [4.78, 5) is 17.3. The molecule has 0 bridgehead atoms. The van der Waals surface area contributed by atoms with Gasteiger partial charge in [-0.15, -0.1) is 0 Å². The quantitative estimate of drug-likeness (QED) is 0.489. The van der Waals surface area contributed by atoms with E-state index in [1.807, 2.05) is 0 Å². The number of carbonyl (C=O) groups excluding carboxylic acids is 1. The van der Waals surface area contributed by atoms with Crippen LogP contribution in [0.25, 0.3) is 5.69 Å². The molecule has 30 heavy (non-hydrogen) atoms. The average molecular weight is 410 g/mol. The molecule has 3 aromatic rings. The van der Waals surface area contributed by atoms with Crippen molar-refractivity contribution in [3.8, 4) is 5.69 Å². The second-order valence-electron chi connectivity index (χ2n) is 7.26. The molecule has 10 heteroatoms. The standard InChI is InChI=1S/C20H23FN8O/c21-14-10-12(29-25-8-9-26-29)11-17(18(14)27-16-6-2-1-5-15(16)22)28-20-13(19(23)30)4-3-7-24-20/h3-4,7-11,15-16,27H,1-2,5-6,22H2,(H2,23,30)(H,24,28). The molecule has 1 fully saturated rings. The van der Waals surface area contributed by atoms with Crippen LogP contribution in [0.4, 0.5) is 21.6 Å². The molecule has 1 amide bonds. The van der Waals surface area contributed by atoms with Crippen molar-refractivity contribution in [3.05, 3.63) is 54.2 Å². The first-order valence-electron chi connectivity index (χ1n) is 9.77. The van der Waals surface area contributed by atoms with Crippen LogP contribution >= 0.6 is 0 Å². The van der Waals surface area contributed by atoms with Crippen molar-refractivity contribution in [2.75, 3.05) is 10.6 Å². The van der Waals surface area contributed by atoms with E-state index in [1.54, 1.807) is 18.2 Å². The number of benzene rings is 1. The lowest BCUT2D eigenvalue weighted by molar-refractivity contribution is 0.100. The van der Waals surface area contributed by atoms with Gasteiger partial charge in [0.05, 0.1) is 35.0 Å². The smallest absolute Gasteiger partial charge is 0.252 e. The summed E-state index contributed by atoms with van der Waals surface area (Å²) in [6.45, 7) is 0. The maximum atomic E-state index is 15.2. The van der Waals surface area contributed by atoms with Gasteiger partial charge >= 0.3 is 0 Å². The number of rotatable bonds is 6. The first kappa shape index (κ1) is 19.8. The maximum Gasteiger partial charge on any atom is 0.252 e.